The topological polar surface area (TPSA) is 93.2 Å². The van der Waals surface area contributed by atoms with Crippen molar-refractivity contribution in [2.45, 2.75) is 40.0 Å². The van der Waals surface area contributed by atoms with Gasteiger partial charge in [-0.3, -0.25) is 14.3 Å². The molecule has 0 N–H and O–H groups in total. The highest BCUT2D eigenvalue weighted by atomic mass is 16.5. The maximum absolute atomic E-state index is 13.9. The first kappa shape index (κ1) is 25.0. The van der Waals surface area contributed by atoms with Gasteiger partial charge in [-0.25, -0.2) is 9.97 Å². The Morgan fingerprint density at radius 3 is 2.42 bits per heavy atom. The van der Waals surface area contributed by atoms with Crippen LogP contribution in [0.3, 0.4) is 0 Å². The third-order valence-electron chi connectivity index (χ3n) is 6.29. The van der Waals surface area contributed by atoms with Gasteiger partial charge in [0, 0.05) is 24.0 Å². The lowest BCUT2D eigenvalue weighted by Crippen LogP contribution is -2.24. The summed E-state index contributed by atoms with van der Waals surface area (Å²) < 4.78 is 15.9. The van der Waals surface area contributed by atoms with Gasteiger partial charge in [0.2, 0.25) is 5.88 Å². The SMILES string of the molecule is COc1ccc(Cn2c3cc(=O)n(Cc4cccc(OC(C)C)n4)c(C)c3c(=O)n2-c2ccccn2)cc1. The van der Waals surface area contributed by atoms with Gasteiger partial charge in [-0.15, -0.1) is 0 Å². The maximum atomic E-state index is 13.9. The molecule has 0 amide bonds. The van der Waals surface area contributed by atoms with E-state index < -0.39 is 0 Å². The molecule has 1 aromatic carbocycles. The number of hydrogen-bond acceptors (Lipinski definition) is 6. The smallest absolute Gasteiger partial charge is 0.282 e. The van der Waals surface area contributed by atoms with E-state index in [-0.39, 0.29) is 23.8 Å². The molecular weight excluding hydrogens is 482 g/mol. The van der Waals surface area contributed by atoms with Crippen LogP contribution in [-0.4, -0.2) is 37.1 Å². The lowest BCUT2D eigenvalue weighted by molar-refractivity contribution is 0.232. The van der Waals surface area contributed by atoms with E-state index in [0.29, 0.717) is 40.5 Å². The molecule has 0 bridgehead atoms. The van der Waals surface area contributed by atoms with Gasteiger partial charge in [0.1, 0.15) is 5.75 Å². The normalized spacial score (nSPS) is 11.3. The highest BCUT2D eigenvalue weighted by Gasteiger charge is 2.21. The van der Waals surface area contributed by atoms with E-state index in [1.807, 2.05) is 56.3 Å². The van der Waals surface area contributed by atoms with Gasteiger partial charge in [0.25, 0.3) is 11.1 Å². The molecule has 0 unspecified atom stereocenters. The summed E-state index contributed by atoms with van der Waals surface area (Å²) in [4.78, 5) is 36.3. The first-order chi connectivity index (χ1) is 18.4. The zero-order chi connectivity index (χ0) is 26.8. The maximum Gasteiger partial charge on any atom is 0.282 e. The summed E-state index contributed by atoms with van der Waals surface area (Å²) >= 11 is 0. The van der Waals surface area contributed by atoms with Crippen molar-refractivity contribution in [3.05, 3.63) is 111 Å². The van der Waals surface area contributed by atoms with E-state index in [9.17, 15) is 9.59 Å². The number of aryl methyl sites for hydroxylation is 1. The van der Waals surface area contributed by atoms with Gasteiger partial charge in [-0.05, 0) is 56.7 Å². The Balaban J connectivity index is 1.66. The van der Waals surface area contributed by atoms with Crippen molar-refractivity contribution in [2.75, 3.05) is 7.11 Å². The summed E-state index contributed by atoms with van der Waals surface area (Å²) in [6.07, 6.45) is 1.62. The molecule has 0 atom stereocenters. The van der Waals surface area contributed by atoms with Crippen molar-refractivity contribution in [1.29, 1.82) is 0 Å². The fourth-order valence-corrected chi connectivity index (χ4v) is 4.52. The first-order valence-electron chi connectivity index (χ1n) is 12.4. The molecule has 4 aromatic heterocycles. The second kappa shape index (κ2) is 10.4. The Kier molecular flexibility index (Phi) is 6.83. The second-order valence-corrected chi connectivity index (χ2v) is 9.26. The van der Waals surface area contributed by atoms with Crippen LogP contribution in [0.2, 0.25) is 0 Å². The number of aromatic nitrogens is 5. The van der Waals surface area contributed by atoms with Gasteiger partial charge < -0.3 is 14.0 Å². The fraction of sp³-hybridized carbons (Fsp3) is 0.241. The molecular formula is C29H29N5O4. The zero-order valence-corrected chi connectivity index (χ0v) is 21.8. The van der Waals surface area contributed by atoms with Crippen molar-refractivity contribution in [3.63, 3.8) is 0 Å². The van der Waals surface area contributed by atoms with E-state index >= 15 is 0 Å². The van der Waals surface area contributed by atoms with Gasteiger partial charge >= 0.3 is 0 Å². The molecule has 9 heteroatoms. The Labute approximate surface area is 219 Å². The highest BCUT2D eigenvalue weighted by molar-refractivity contribution is 5.81. The Bertz CT molecular complexity index is 1700. The molecule has 0 saturated heterocycles. The summed E-state index contributed by atoms with van der Waals surface area (Å²) in [5.41, 5.74) is 2.24. The predicted octanol–water partition coefficient (Wildman–Crippen LogP) is 3.94. The van der Waals surface area contributed by atoms with E-state index in [2.05, 4.69) is 9.97 Å². The van der Waals surface area contributed by atoms with Crippen molar-refractivity contribution < 1.29 is 9.47 Å². The average Bonchev–Trinajstić information content (AvgIpc) is 3.18. The minimum Gasteiger partial charge on any atom is -0.497 e. The van der Waals surface area contributed by atoms with Crippen LogP contribution in [0, 0.1) is 6.92 Å². The molecule has 0 saturated carbocycles. The third kappa shape index (κ3) is 4.82. The lowest BCUT2D eigenvalue weighted by Gasteiger charge is -2.14. The standard InChI is InChI=1S/C29H29N5O4/c1-19(2)38-26-10-7-8-22(31-26)18-32-20(3)28-24(16-27(32)35)33(17-21-11-13-23(37-4)14-12-21)34(29(28)36)25-9-5-6-15-30-25/h5-16,19H,17-18H2,1-4H3. The number of nitrogens with zero attached hydrogens (tertiary/aromatic N) is 5. The molecule has 0 aliphatic rings. The van der Waals surface area contributed by atoms with Gasteiger partial charge in [0.05, 0.1) is 42.9 Å². The second-order valence-electron chi connectivity index (χ2n) is 9.26. The molecule has 5 aromatic rings. The number of methoxy groups -OCH3 is 1. The average molecular weight is 512 g/mol. The Hall–Kier alpha value is -4.66. The fourth-order valence-electron chi connectivity index (χ4n) is 4.52. The van der Waals surface area contributed by atoms with Gasteiger partial charge in [-0.1, -0.05) is 24.3 Å². The van der Waals surface area contributed by atoms with Gasteiger partial charge in [0.15, 0.2) is 5.82 Å². The number of hydrogen-bond donors (Lipinski definition) is 0. The predicted molar refractivity (Wildman–Crippen MR) is 146 cm³/mol. The van der Waals surface area contributed by atoms with Crippen molar-refractivity contribution in [2.24, 2.45) is 0 Å². The van der Waals surface area contributed by atoms with Crippen molar-refractivity contribution >= 4 is 10.9 Å². The first-order valence-corrected chi connectivity index (χ1v) is 12.4. The quantitative estimate of drug-likeness (QED) is 0.313. The summed E-state index contributed by atoms with van der Waals surface area (Å²) in [7, 11) is 1.62. The van der Waals surface area contributed by atoms with Crippen molar-refractivity contribution in [3.8, 4) is 17.4 Å². The molecule has 0 aliphatic carbocycles. The Morgan fingerprint density at radius 2 is 1.74 bits per heavy atom. The van der Waals surface area contributed by atoms with Crippen molar-refractivity contribution in [1.82, 2.24) is 23.9 Å². The lowest BCUT2D eigenvalue weighted by atomic mass is 10.2. The summed E-state index contributed by atoms with van der Waals surface area (Å²) in [5.74, 6) is 1.71. The molecule has 0 aliphatic heterocycles. The summed E-state index contributed by atoms with van der Waals surface area (Å²) in [6.45, 7) is 6.22. The van der Waals surface area contributed by atoms with Crippen LogP contribution >= 0.6 is 0 Å². The molecule has 194 valence electrons. The minimum absolute atomic E-state index is 0.0194. The van der Waals surface area contributed by atoms with Crippen LogP contribution in [0.5, 0.6) is 11.6 Å². The van der Waals surface area contributed by atoms with Crippen LogP contribution < -0.4 is 20.6 Å². The summed E-state index contributed by atoms with van der Waals surface area (Å²) in [5, 5.41) is 0.457. The summed E-state index contributed by atoms with van der Waals surface area (Å²) in [6, 6.07) is 20.0. The number of pyridine rings is 3. The zero-order valence-electron chi connectivity index (χ0n) is 21.8. The van der Waals surface area contributed by atoms with Crippen LogP contribution in [0.15, 0.2) is 82.5 Å². The molecule has 38 heavy (non-hydrogen) atoms. The molecule has 9 nitrogen and oxygen atoms in total. The van der Waals surface area contributed by atoms with Crippen LogP contribution in [0.1, 0.15) is 30.8 Å². The highest BCUT2D eigenvalue weighted by Crippen LogP contribution is 2.20. The van der Waals surface area contributed by atoms with Crippen LogP contribution in [0.4, 0.5) is 0 Å². The van der Waals surface area contributed by atoms with Gasteiger partial charge in [-0.2, -0.15) is 4.68 Å². The monoisotopic (exact) mass is 511 g/mol. The van der Waals surface area contributed by atoms with Crippen LogP contribution in [-0.2, 0) is 13.1 Å². The molecule has 4 heterocycles. The number of fused-ring (bicyclic) bond motifs is 1. The minimum atomic E-state index is -0.247. The molecule has 0 radical (unpaired) electrons. The van der Waals surface area contributed by atoms with Crippen LogP contribution in [0.25, 0.3) is 16.7 Å². The molecule has 0 fully saturated rings. The largest absolute Gasteiger partial charge is 0.497 e. The van der Waals surface area contributed by atoms with E-state index in [1.165, 1.54) is 10.7 Å². The third-order valence-corrected chi connectivity index (χ3v) is 6.29. The number of benzene rings is 1. The van der Waals surface area contributed by atoms with E-state index in [4.69, 9.17) is 9.47 Å². The van der Waals surface area contributed by atoms with E-state index in [1.54, 1.807) is 47.7 Å². The molecule has 5 rings (SSSR count). The Morgan fingerprint density at radius 1 is 0.947 bits per heavy atom. The molecule has 0 spiro atoms. The number of rotatable bonds is 8. The van der Waals surface area contributed by atoms with E-state index in [0.717, 1.165) is 11.3 Å². The number of ether oxygens (including phenoxy) is 2.